The molecule has 0 radical (unpaired) electrons. The zero-order valence-electron chi connectivity index (χ0n) is 11.1. The van der Waals surface area contributed by atoms with Crippen molar-refractivity contribution in [3.05, 3.63) is 55.6 Å². The molecule has 0 aromatic carbocycles. The summed E-state index contributed by atoms with van der Waals surface area (Å²) in [6, 6.07) is 4.06. The molecule has 2 aromatic rings. The maximum absolute atomic E-state index is 12.3. The highest BCUT2D eigenvalue weighted by molar-refractivity contribution is 7.09. The Balaban J connectivity index is 2.14. The Hall–Kier alpha value is -1.88. The molecule has 0 fully saturated rings. The van der Waals surface area contributed by atoms with Crippen LogP contribution in [0, 0.1) is 0 Å². The van der Waals surface area contributed by atoms with Crippen LogP contribution in [-0.2, 0) is 19.4 Å². The van der Waals surface area contributed by atoms with Crippen molar-refractivity contribution in [2.24, 2.45) is 5.73 Å². The standard InChI is InChI=1S/C15H16N2O2S/c16-15(19)12-9-17(8-10-4-3-7-20-10)13-6-2-1-5-11(13)14(12)18/h3-4,7,9H,1-2,5-6,8H2,(H2,16,19). The Bertz CT molecular complexity index is 701. The summed E-state index contributed by atoms with van der Waals surface area (Å²) >= 11 is 1.67. The first-order valence-electron chi connectivity index (χ1n) is 6.74. The van der Waals surface area contributed by atoms with Gasteiger partial charge >= 0.3 is 0 Å². The van der Waals surface area contributed by atoms with E-state index in [2.05, 4.69) is 6.07 Å². The van der Waals surface area contributed by atoms with Crippen LogP contribution >= 0.6 is 11.3 Å². The first-order chi connectivity index (χ1) is 9.66. The molecule has 2 heterocycles. The van der Waals surface area contributed by atoms with Gasteiger partial charge < -0.3 is 10.3 Å². The molecule has 2 aromatic heterocycles. The minimum atomic E-state index is -0.636. The van der Waals surface area contributed by atoms with E-state index in [0.717, 1.165) is 36.9 Å². The molecular formula is C15H16N2O2S. The van der Waals surface area contributed by atoms with Crippen molar-refractivity contribution in [3.8, 4) is 0 Å². The molecule has 0 saturated heterocycles. The van der Waals surface area contributed by atoms with Crippen LogP contribution in [0.1, 0.15) is 39.3 Å². The van der Waals surface area contributed by atoms with E-state index >= 15 is 0 Å². The van der Waals surface area contributed by atoms with Crippen LogP contribution in [0.4, 0.5) is 0 Å². The summed E-state index contributed by atoms with van der Waals surface area (Å²) in [7, 11) is 0. The number of nitrogens with two attached hydrogens (primary N) is 1. The van der Waals surface area contributed by atoms with E-state index in [1.165, 1.54) is 4.88 Å². The minimum Gasteiger partial charge on any atom is -0.365 e. The van der Waals surface area contributed by atoms with Gasteiger partial charge in [0, 0.05) is 22.3 Å². The molecule has 104 valence electrons. The summed E-state index contributed by atoms with van der Waals surface area (Å²) in [6.07, 6.45) is 5.37. The van der Waals surface area contributed by atoms with Crippen molar-refractivity contribution in [1.29, 1.82) is 0 Å². The number of amides is 1. The van der Waals surface area contributed by atoms with Crippen LogP contribution in [0.5, 0.6) is 0 Å². The van der Waals surface area contributed by atoms with Gasteiger partial charge in [0.05, 0.1) is 6.54 Å². The number of thiophene rings is 1. The van der Waals surface area contributed by atoms with Gasteiger partial charge in [0.25, 0.3) is 5.91 Å². The average molecular weight is 288 g/mol. The molecule has 1 aliphatic rings. The number of fused-ring (bicyclic) bond motifs is 1. The lowest BCUT2D eigenvalue weighted by Crippen LogP contribution is -2.30. The summed E-state index contributed by atoms with van der Waals surface area (Å²) in [5.41, 5.74) is 7.13. The van der Waals surface area contributed by atoms with Gasteiger partial charge in [-0.3, -0.25) is 9.59 Å². The molecule has 5 heteroatoms. The molecule has 4 nitrogen and oxygen atoms in total. The highest BCUT2D eigenvalue weighted by Crippen LogP contribution is 2.21. The number of hydrogen-bond donors (Lipinski definition) is 1. The van der Waals surface area contributed by atoms with E-state index in [-0.39, 0.29) is 11.0 Å². The first-order valence-corrected chi connectivity index (χ1v) is 7.62. The molecular weight excluding hydrogens is 272 g/mol. The van der Waals surface area contributed by atoms with E-state index in [9.17, 15) is 9.59 Å². The highest BCUT2D eigenvalue weighted by Gasteiger charge is 2.20. The van der Waals surface area contributed by atoms with Crippen molar-refractivity contribution in [2.45, 2.75) is 32.2 Å². The zero-order valence-corrected chi connectivity index (χ0v) is 11.9. The normalized spacial score (nSPS) is 14.0. The number of carbonyl (C=O) groups is 1. The number of rotatable bonds is 3. The molecule has 20 heavy (non-hydrogen) atoms. The third kappa shape index (κ3) is 2.29. The first kappa shape index (κ1) is 13.1. The number of aromatic nitrogens is 1. The summed E-state index contributed by atoms with van der Waals surface area (Å²) in [6.45, 7) is 0.695. The maximum Gasteiger partial charge on any atom is 0.254 e. The monoisotopic (exact) mass is 288 g/mol. The van der Waals surface area contributed by atoms with E-state index in [1.807, 2.05) is 16.0 Å². The number of hydrogen-bond acceptors (Lipinski definition) is 3. The van der Waals surface area contributed by atoms with Gasteiger partial charge in [-0.2, -0.15) is 0 Å². The van der Waals surface area contributed by atoms with Crippen molar-refractivity contribution in [3.63, 3.8) is 0 Å². The van der Waals surface area contributed by atoms with E-state index in [1.54, 1.807) is 17.5 Å². The molecule has 2 N–H and O–H groups in total. The molecule has 0 spiro atoms. The van der Waals surface area contributed by atoms with E-state index in [0.29, 0.717) is 6.54 Å². The second-order valence-electron chi connectivity index (χ2n) is 5.08. The Labute approximate surface area is 120 Å². The lowest BCUT2D eigenvalue weighted by molar-refractivity contribution is 0.0998. The van der Waals surface area contributed by atoms with Crippen molar-refractivity contribution in [1.82, 2.24) is 4.57 Å². The molecule has 0 bridgehead atoms. The SMILES string of the molecule is NC(=O)c1cn(Cc2cccs2)c2c(c1=O)CCCC2. The second-order valence-corrected chi connectivity index (χ2v) is 6.11. The van der Waals surface area contributed by atoms with Gasteiger partial charge in [-0.05, 0) is 37.1 Å². The number of primary amides is 1. The highest BCUT2D eigenvalue weighted by atomic mass is 32.1. The lowest BCUT2D eigenvalue weighted by Gasteiger charge is -2.21. The van der Waals surface area contributed by atoms with Crippen LogP contribution in [0.25, 0.3) is 0 Å². The lowest BCUT2D eigenvalue weighted by atomic mass is 9.93. The number of pyridine rings is 1. The molecule has 1 amide bonds. The fourth-order valence-electron chi connectivity index (χ4n) is 2.79. The number of nitrogens with zero attached hydrogens (tertiary/aromatic N) is 1. The van der Waals surface area contributed by atoms with Crippen LogP contribution in [0.15, 0.2) is 28.5 Å². The van der Waals surface area contributed by atoms with Gasteiger partial charge in [0.2, 0.25) is 0 Å². The Morgan fingerprint density at radius 2 is 2.15 bits per heavy atom. The fourth-order valence-corrected chi connectivity index (χ4v) is 3.50. The quantitative estimate of drug-likeness (QED) is 0.938. The second kappa shape index (κ2) is 5.25. The third-order valence-electron chi connectivity index (χ3n) is 3.76. The van der Waals surface area contributed by atoms with Crippen molar-refractivity contribution in [2.75, 3.05) is 0 Å². The average Bonchev–Trinajstić information content (AvgIpc) is 2.94. The Morgan fingerprint density at radius 3 is 2.85 bits per heavy atom. The van der Waals surface area contributed by atoms with Gasteiger partial charge in [-0.25, -0.2) is 0 Å². The largest absolute Gasteiger partial charge is 0.365 e. The fraction of sp³-hybridized carbons (Fsp3) is 0.333. The zero-order chi connectivity index (χ0) is 14.1. The van der Waals surface area contributed by atoms with Crippen molar-refractivity contribution < 1.29 is 4.79 Å². The minimum absolute atomic E-state index is 0.113. The molecule has 3 rings (SSSR count). The number of carbonyl (C=O) groups excluding carboxylic acids is 1. The third-order valence-corrected chi connectivity index (χ3v) is 4.62. The molecule has 1 aliphatic carbocycles. The van der Waals surface area contributed by atoms with Gasteiger partial charge in [-0.15, -0.1) is 11.3 Å². The van der Waals surface area contributed by atoms with Gasteiger partial charge in [0.15, 0.2) is 5.43 Å². The smallest absolute Gasteiger partial charge is 0.254 e. The molecule has 0 unspecified atom stereocenters. The predicted molar refractivity (Wildman–Crippen MR) is 79.3 cm³/mol. The summed E-state index contributed by atoms with van der Waals surface area (Å²) in [4.78, 5) is 25.0. The predicted octanol–water partition coefficient (Wildman–Crippen LogP) is 1.94. The summed E-state index contributed by atoms with van der Waals surface area (Å²) in [5, 5.41) is 2.03. The topological polar surface area (TPSA) is 65.1 Å². The summed E-state index contributed by atoms with van der Waals surface area (Å²) < 4.78 is 2.03. The molecule has 0 saturated carbocycles. The maximum atomic E-state index is 12.3. The Kier molecular flexibility index (Phi) is 3.44. The summed E-state index contributed by atoms with van der Waals surface area (Å²) in [5.74, 6) is -0.636. The van der Waals surface area contributed by atoms with E-state index < -0.39 is 5.91 Å². The van der Waals surface area contributed by atoms with Gasteiger partial charge in [0.1, 0.15) is 5.56 Å². The van der Waals surface area contributed by atoms with Crippen molar-refractivity contribution >= 4 is 17.2 Å². The van der Waals surface area contributed by atoms with Crippen LogP contribution in [0.3, 0.4) is 0 Å². The van der Waals surface area contributed by atoms with Crippen LogP contribution in [0.2, 0.25) is 0 Å². The van der Waals surface area contributed by atoms with E-state index in [4.69, 9.17) is 5.73 Å². The molecule has 0 atom stereocenters. The Morgan fingerprint density at radius 1 is 1.35 bits per heavy atom. The molecule has 0 aliphatic heterocycles. The van der Waals surface area contributed by atoms with Gasteiger partial charge in [-0.1, -0.05) is 6.07 Å². The van der Waals surface area contributed by atoms with Crippen LogP contribution in [-0.4, -0.2) is 10.5 Å². The van der Waals surface area contributed by atoms with Crippen LogP contribution < -0.4 is 11.2 Å².